The monoisotopic (exact) mass is 1280 g/mol. The van der Waals surface area contributed by atoms with Crippen LogP contribution < -0.4 is 36.3 Å². The van der Waals surface area contributed by atoms with Crippen LogP contribution in [0.3, 0.4) is 0 Å². The number of hydrogen-bond acceptors (Lipinski definition) is 16. The fourth-order valence-electron chi connectivity index (χ4n) is 11.6. The lowest BCUT2D eigenvalue weighted by Gasteiger charge is -2.38. The third kappa shape index (κ3) is 20.0. The van der Waals surface area contributed by atoms with Crippen molar-refractivity contribution in [1.82, 2.24) is 25.2 Å². The summed E-state index contributed by atoms with van der Waals surface area (Å²) in [6.07, 6.45) is 7.61. The van der Waals surface area contributed by atoms with Gasteiger partial charge in [0.05, 0.1) is 67.3 Å². The number of carbonyl (C=O) groups excluding carboxylic acids is 2. The van der Waals surface area contributed by atoms with Gasteiger partial charge in [-0.3, -0.25) is 14.6 Å². The van der Waals surface area contributed by atoms with Gasteiger partial charge in [-0.05, 0) is 161 Å². The van der Waals surface area contributed by atoms with Gasteiger partial charge in [-0.25, -0.2) is 35.1 Å². The van der Waals surface area contributed by atoms with Crippen LogP contribution in [-0.2, 0) is 56.4 Å². The lowest BCUT2D eigenvalue weighted by Crippen LogP contribution is -2.49. The highest BCUT2D eigenvalue weighted by molar-refractivity contribution is 7.91. The molecule has 2 fully saturated rings. The van der Waals surface area contributed by atoms with Gasteiger partial charge in [0.2, 0.25) is 10.0 Å². The first kappa shape index (κ1) is 67.3. The molecule has 0 spiro atoms. The van der Waals surface area contributed by atoms with Gasteiger partial charge < -0.3 is 50.5 Å². The Labute approximate surface area is 514 Å². The highest BCUT2D eigenvalue weighted by atomic mass is 35.5. The number of rotatable bonds is 35. The van der Waals surface area contributed by atoms with Crippen molar-refractivity contribution in [3.05, 3.63) is 117 Å². The zero-order chi connectivity index (χ0) is 61.1. The summed E-state index contributed by atoms with van der Waals surface area (Å²) in [6, 6.07) is 18.0. The quantitative estimate of drug-likeness (QED) is 0.0278. The molecule has 2 aliphatic carbocycles. The van der Waals surface area contributed by atoms with Gasteiger partial charge in [-0.15, -0.1) is 0 Å². The Bertz CT molecular complexity index is 2870. The van der Waals surface area contributed by atoms with Crippen molar-refractivity contribution in [3.8, 4) is 11.5 Å². The van der Waals surface area contributed by atoms with Crippen molar-refractivity contribution in [2.24, 2.45) is 11.5 Å². The number of nitrogens with zero attached hydrogens (tertiary/aromatic N) is 2. The number of hydrogen-bond donors (Lipinski definition) is 5. The zero-order valence-corrected chi connectivity index (χ0v) is 51.8. The molecule has 2 aliphatic heterocycles. The highest BCUT2D eigenvalue weighted by Gasteiger charge is 2.43. The molecule has 4 aromatic rings. The number of Topliss-reactive ketones (excluding diaryl/α,β-unsaturated/α-hetero) is 1. The summed E-state index contributed by atoms with van der Waals surface area (Å²) in [6.45, 7) is 5.96. The predicted molar refractivity (Wildman–Crippen MR) is 324 cm³/mol. The van der Waals surface area contributed by atoms with E-state index in [1.54, 1.807) is 36.4 Å². The Balaban J connectivity index is 0.581. The summed E-state index contributed by atoms with van der Waals surface area (Å²) in [5.74, 6) is 0.221. The largest absolute Gasteiger partial charge is 0.484 e. The van der Waals surface area contributed by atoms with Crippen LogP contribution in [0.25, 0.3) is 0 Å². The van der Waals surface area contributed by atoms with Crippen molar-refractivity contribution >= 4 is 54.9 Å². The normalized spacial score (nSPS) is 20.8. The number of ketones is 1. The molecule has 6 atom stereocenters. The Morgan fingerprint density at radius 1 is 0.570 bits per heavy atom. The van der Waals surface area contributed by atoms with E-state index in [2.05, 4.69) is 25.2 Å². The first-order valence-electron chi connectivity index (χ1n) is 30.0. The molecule has 0 radical (unpaired) electrons. The van der Waals surface area contributed by atoms with E-state index < -0.39 is 32.1 Å². The van der Waals surface area contributed by atoms with Crippen molar-refractivity contribution in [1.29, 1.82) is 0 Å². The number of amides is 2. The second-order valence-corrected chi connectivity index (χ2v) is 27.2. The number of sulfone groups is 1. The number of benzene rings is 4. The van der Waals surface area contributed by atoms with Gasteiger partial charge in [0.25, 0.3) is 0 Å². The maximum absolute atomic E-state index is 15.0. The van der Waals surface area contributed by atoms with E-state index in [4.69, 9.17) is 63.1 Å². The van der Waals surface area contributed by atoms with Gasteiger partial charge in [0, 0.05) is 92.0 Å². The molecule has 86 heavy (non-hydrogen) atoms. The molecule has 7 N–H and O–H groups in total. The number of nitrogens with two attached hydrogens (primary N) is 2. The highest BCUT2D eigenvalue weighted by Crippen LogP contribution is 2.43. The third-order valence-electron chi connectivity index (χ3n) is 16.0. The molecule has 8 rings (SSSR count). The number of fused-ring (bicyclic) bond motifs is 2. The molecule has 2 amide bonds. The molecule has 0 aromatic heterocycles. The second-order valence-electron chi connectivity index (χ2n) is 22.4. The average Bonchev–Trinajstić information content (AvgIpc) is 2.22. The zero-order valence-electron chi connectivity index (χ0n) is 48.7. The van der Waals surface area contributed by atoms with Crippen LogP contribution >= 0.6 is 23.2 Å². The van der Waals surface area contributed by atoms with E-state index in [1.165, 1.54) is 36.4 Å². The minimum atomic E-state index is -3.83. The van der Waals surface area contributed by atoms with Gasteiger partial charge in [-0.2, -0.15) is 0 Å². The maximum Gasteiger partial charge on any atom is 0.314 e. The van der Waals surface area contributed by atoms with E-state index in [0.717, 1.165) is 58.0 Å². The molecule has 19 nitrogen and oxygen atoms in total. The number of sulfonamides is 1. The van der Waals surface area contributed by atoms with Crippen molar-refractivity contribution in [2.45, 2.75) is 130 Å². The number of likely N-dealkylation sites (tertiary alicyclic amines) is 2. The van der Waals surface area contributed by atoms with Crippen molar-refractivity contribution < 1.29 is 63.6 Å². The Morgan fingerprint density at radius 3 is 1.58 bits per heavy atom. The molecule has 4 aliphatic rings. The number of halogens is 4. The summed E-state index contributed by atoms with van der Waals surface area (Å²) >= 11 is 12.5. The van der Waals surface area contributed by atoms with Crippen molar-refractivity contribution in [2.75, 3.05) is 104 Å². The number of urea groups is 1. The molecule has 4 aromatic carbocycles. The Morgan fingerprint density at radius 2 is 1.05 bits per heavy atom. The maximum atomic E-state index is 15.0. The standard InChI is InChI=1S/C61H83Cl2F2N7O12S2/c62-42-34-53-51(55(64)36-42)38-57(71-23-4-8-44(66)40-71)59(53)83-47-12-16-49(17-13-47)85(75,76)33-7-26-80-30-31-81-27-21-69-61(74)68-20-3-1-2-10-46(73)11-6-25-79-29-32-82-28-22-70-86(77,78)50-18-14-48(15-19-50)84-60-54-35-43(63)37-56(65)52(54)39-58(60)72-24-5-9-45(67)41-72/h12-19,34-37,44-45,57-60,70H,1-11,20-33,38-41,66-67H2,(H2,68,69,74)/t44-,45-,57+,58+,59+,60+/m1/s1. The summed E-state index contributed by atoms with van der Waals surface area (Å²) in [5, 5.41) is 6.11. The van der Waals surface area contributed by atoms with Crippen LogP contribution in [0.2, 0.25) is 10.0 Å². The lowest BCUT2D eigenvalue weighted by atomic mass is 10.0. The van der Waals surface area contributed by atoms with Crippen LogP contribution in [0.5, 0.6) is 11.5 Å². The van der Waals surface area contributed by atoms with Crippen LogP contribution in [0.1, 0.15) is 105 Å². The van der Waals surface area contributed by atoms with Crippen molar-refractivity contribution in [3.63, 3.8) is 0 Å². The molecule has 2 saturated heterocycles. The third-order valence-corrected chi connectivity index (χ3v) is 19.7. The molecule has 0 bridgehead atoms. The minimum Gasteiger partial charge on any atom is -0.484 e. The predicted octanol–water partition coefficient (Wildman–Crippen LogP) is 7.63. The van der Waals surface area contributed by atoms with E-state index in [1.807, 2.05) is 0 Å². The number of ether oxygens (including phenoxy) is 6. The Hall–Kier alpha value is -4.60. The first-order chi connectivity index (χ1) is 41.4. The molecular weight excluding hydrogens is 1200 g/mol. The van der Waals surface area contributed by atoms with E-state index >= 15 is 8.78 Å². The van der Waals surface area contributed by atoms with Gasteiger partial charge >= 0.3 is 6.03 Å². The fourth-order valence-corrected chi connectivity index (χ4v) is 14.3. The van der Waals surface area contributed by atoms with Gasteiger partial charge in [0.1, 0.15) is 41.1 Å². The smallest absolute Gasteiger partial charge is 0.314 e. The van der Waals surface area contributed by atoms with E-state index in [-0.39, 0.29) is 126 Å². The number of nitrogens with one attached hydrogen (secondary N) is 3. The first-order valence-corrected chi connectivity index (χ1v) is 33.9. The molecule has 0 saturated carbocycles. The van der Waals surface area contributed by atoms with E-state index in [0.29, 0.717) is 105 Å². The lowest BCUT2D eigenvalue weighted by molar-refractivity contribution is -0.119. The number of piperidine rings is 2. The fraction of sp³-hybridized carbons (Fsp3) is 0.574. The molecular formula is C61H83Cl2F2N7O12S2. The molecule has 2 heterocycles. The van der Waals surface area contributed by atoms with Crippen LogP contribution in [0.15, 0.2) is 82.6 Å². The molecule has 25 heteroatoms. The number of unbranched alkanes of at least 4 members (excludes halogenated alkanes) is 2. The topological polar surface area (TPSA) is 252 Å². The minimum absolute atomic E-state index is 0.0262. The SMILES string of the molecule is N[C@@H]1CCCN([C@H]2Cc3c(F)cc(Cl)cc3[C@@H]2Oc2ccc(S(=O)(=O)CCCOCCOCCNC(=O)NCCCCCC(=O)CCCOCCOCCNS(=O)(=O)c3ccc(O[C@H]4c5cc(Cl)cc(F)c5C[C@@H]4N4CCC[C@@H](N)C4)cc3)cc2)C1. The van der Waals surface area contributed by atoms with Crippen LogP contribution in [-0.4, -0.2) is 167 Å². The number of carbonyl (C=O) groups is 2. The summed E-state index contributed by atoms with van der Waals surface area (Å²) in [7, 11) is -7.43. The average molecular weight is 1280 g/mol. The van der Waals surface area contributed by atoms with Gasteiger partial charge in [-0.1, -0.05) is 29.6 Å². The summed E-state index contributed by atoms with van der Waals surface area (Å²) in [4.78, 5) is 29.3. The summed E-state index contributed by atoms with van der Waals surface area (Å²) in [5.41, 5.74) is 15.1. The van der Waals surface area contributed by atoms with Gasteiger partial charge in [0.15, 0.2) is 9.84 Å². The molecule has 474 valence electrons. The Kier molecular flexibility index (Phi) is 26.1. The molecule has 0 unspecified atom stereocenters. The van der Waals surface area contributed by atoms with Crippen LogP contribution in [0, 0.1) is 11.6 Å². The van der Waals surface area contributed by atoms with Crippen LogP contribution in [0.4, 0.5) is 13.6 Å². The second kappa shape index (κ2) is 33.3. The summed E-state index contributed by atoms with van der Waals surface area (Å²) < 4.78 is 120. The van der Waals surface area contributed by atoms with E-state index in [9.17, 15) is 26.4 Å².